The van der Waals surface area contributed by atoms with Gasteiger partial charge in [-0.15, -0.1) is 0 Å². The summed E-state index contributed by atoms with van der Waals surface area (Å²) in [7, 11) is 0. The predicted molar refractivity (Wildman–Crippen MR) is 85.5 cm³/mol. The number of nitrogens with zero attached hydrogens (tertiary/aromatic N) is 1. The van der Waals surface area contributed by atoms with E-state index in [2.05, 4.69) is 0 Å². The fourth-order valence-electron chi connectivity index (χ4n) is 2.98. The zero-order chi connectivity index (χ0) is 15.6. The Bertz CT molecular complexity index is 505. The van der Waals surface area contributed by atoms with Crippen molar-refractivity contribution in [2.75, 3.05) is 13.1 Å². The van der Waals surface area contributed by atoms with Gasteiger partial charge in [0, 0.05) is 18.1 Å². The van der Waals surface area contributed by atoms with Crippen molar-refractivity contribution in [3.8, 4) is 0 Å². The van der Waals surface area contributed by atoms with Crippen molar-refractivity contribution in [3.05, 3.63) is 34.9 Å². The van der Waals surface area contributed by atoms with E-state index in [1.165, 1.54) is 0 Å². The van der Waals surface area contributed by atoms with E-state index < -0.39 is 5.41 Å². The number of halogens is 1. The number of carbonyl (C=O) groups excluding carboxylic acids is 1. The molecular weight excluding hydrogens is 286 g/mol. The predicted octanol–water partition coefficient (Wildman–Crippen LogP) is 3.24. The molecule has 21 heavy (non-hydrogen) atoms. The van der Waals surface area contributed by atoms with Gasteiger partial charge in [-0.25, -0.2) is 0 Å². The number of hydrogen-bond donors (Lipinski definition) is 1. The second kappa shape index (κ2) is 6.37. The molecule has 1 aromatic rings. The third kappa shape index (κ3) is 3.58. The minimum absolute atomic E-state index is 0.133. The lowest BCUT2D eigenvalue weighted by atomic mass is 9.82. The molecule has 1 saturated heterocycles. The molecule has 0 aromatic heterocycles. The molecule has 0 saturated carbocycles. The highest BCUT2D eigenvalue weighted by Crippen LogP contribution is 2.30. The largest absolute Gasteiger partial charge is 0.393 e. The van der Waals surface area contributed by atoms with Gasteiger partial charge in [0.05, 0.1) is 11.5 Å². The fraction of sp³-hybridized carbons (Fsp3) is 0.588. The molecule has 1 amide bonds. The van der Waals surface area contributed by atoms with Crippen LogP contribution in [0.3, 0.4) is 0 Å². The molecule has 1 heterocycles. The van der Waals surface area contributed by atoms with Crippen molar-refractivity contribution in [2.45, 2.75) is 45.1 Å². The van der Waals surface area contributed by atoms with Crippen LogP contribution in [0.25, 0.3) is 0 Å². The van der Waals surface area contributed by atoms with Gasteiger partial charge in [0.1, 0.15) is 0 Å². The molecule has 1 fully saturated rings. The van der Waals surface area contributed by atoms with Crippen LogP contribution < -0.4 is 0 Å². The van der Waals surface area contributed by atoms with Crippen molar-refractivity contribution in [3.63, 3.8) is 0 Å². The number of rotatable bonds is 3. The van der Waals surface area contributed by atoms with Crippen LogP contribution in [0.5, 0.6) is 0 Å². The topological polar surface area (TPSA) is 40.5 Å². The van der Waals surface area contributed by atoms with Crippen LogP contribution in [-0.4, -0.2) is 35.1 Å². The van der Waals surface area contributed by atoms with Gasteiger partial charge in [0.2, 0.25) is 5.91 Å². The molecule has 1 atom stereocenters. The van der Waals surface area contributed by atoms with Gasteiger partial charge in [-0.1, -0.05) is 23.7 Å². The van der Waals surface area contributed by atoms with E-state index in [1.807, 2.05) is 49.9 Å². The van der Waals surface area contributed by atoms with Crippen molar-refractivity contribution in [1.82, 2.24) is 4.90 Å². The van der Waals surface area contributed by atoms with Crippen molar-refractivity contribution in [2.24, 2.45) is 5.92 Å². The molecule has 1 aliphatic heterocycles. The fourth-order valence-corrected chi connectivity index (χ4v) is 3.17. The monoisotopic (exact) mass is 309 g/mol. The van der Waals surface area contributed by atoms with E-state index in [1.54, 1.807) is 0 Å². The van der Waals surface area contributed by atoms with Gasteiger partial charge in [0.15, 0.2) is 0 Å². The molecule has 3 nitrogen and oxygen atoms in total. The zero-order valence-electron chi connectivity index (χ0n) is 13.0. The summed E-state index contributed by atoms with van der Waals surface area (Å²) in [5.41, 5.74) is 0.361. The Morgan fingerprint density at radius 1 is 1.38 bits per heavy atom. The van der Waals surface area contributed by atoms with E-state index in [4.69, 9.17) is 11.6 Å². The number of hydrogen-bond acceptors (Lipinski definition) is 2. The maximum atomic E-state index is 12.8. The normalized spacial score (nSPS) is 18.6. The minimum Gasteiger partial charge on any atom is -0.393 e. The Labute approximate surface area is 131 Å². The highest BCUT2D eigenvalue weighted by molar-refractivity contribution is 6.30. The lowest BCUT2D eigenvalue weighted by molar-refractivity contribution is -0.138. The van der Waals surface area contributed by atoms with E-state index >= 15 is 0 Å². The number of aliphatic hydroxyl groups excluding tert-OH is 1. The van der Waals surface area contributed by atoms with Crippen LogP contribution in [-0.2, 0) is 10.2 Å². The van der Waals surface area contributed by atoms with Crippen LogP contribution in [0, 0.1) is 5.92 Å². The molecule has 4 heteroatoms. The van der Waals surface area contributed by atoms with Gasteiger partial charge in [-0.2, -0.15) is 0 Å². The Morgan fingerprint density at radius 2 is 2.00 bits per heavy atom. The average molecular weight is 310 g/mol. The molecule has 0 spiro atoms. The van der Waals surface area contributed by atoms with Crippen LogP contribution in [0.4, 0.5) is 0 Å². The lowest BCUT2D eigenvalue weighted by Crippen LogP contribution is -2.48. The van der Waals surface area contributed by atoms with E-state index in [-0.39, 0.29) is 12.0 Å². The first-order valence-corrected chi connectivity index (χ1v) is 7.93. The van der Waals surface area contributed by atoms with E-state index in [9.17, 15) is 9.90 Å². The standard InChI is InChI=1S/C17H24ClNO2/c1-12(20)13-7-9-19(10-8-13)16(21)17(2,3)14-5-4-6-15(18)11-14/h4-6,11-13,20H,7-10H2,1-3H3/t12-/m0/s1. The van der Waals surface area contributed by atoms with Gasteiger partial charge in [-0.3, -0.25) is 4.79 Å². The SMILES string of the molecule is C[C@H](O)C1CCN(C(=O)C(C)(C)c2cccc(Cl)c2)CC1. The van der Waals surface area contributed by atoms with Gasteiger partial charge >= 0.3 is 0 Å². The molecule has 2 rings (SSSR count). The molecule has 0 radical (unpaired) electrons. The van der Waals surface area contributed by atoms with Crippen LogP contribution in [0.15, 0.2) is 24.3 Å². The van der Waals surface area contributed by atoms with Gasteiger partial charge < -0.3 is 10.0 Å². The number of piperidine rings is 1. The van der Waals surface area contributed by atoms with Crippen molar-refractivity contribution in [1.29, 1.82) is 0 Å². The summed E-state index contributed by atoms with van der Waals surface area (Å²) in [4.78, 5) is 14.7. The summed E-state index contributed by atoms with van der Waals surface area (Å²) in [5, 5.41) is 10.3. The Morgan fingerprint density at radius 3 is 2.52 bits per heavy atom. The Balaban J connectivity index is 2.09. The number of amides is 1. The maximum absolute atomic E-state index is 12.8. The molecule has 0 aliphatic carbocycles. The van der Waals surface area contributed by atoms with Gasteiger partial charge in [-0.05, 0) is 57.2 Å². The third-order valence-electron chi connectivity index (χ3n) is 4.59. The van der Waals surface area contributed by atoms with Crippen LogP contribution in [0.2, 0.25) is 5.02 Å². The van der Waals surface area contributed by atoms with Crippen LogP contribution >= 0.6 is 11.6 Å². The summed E-state index contributed by atoms with van der Waals surface area (Å²) in [6, 6.07) is 7.51. The molecule has 1 N–H and O–H groups in total. The second-order valence-corrected chi connectivity index (χ2v) is 6.94. The molecular formula is C17H24ClNO2. The molecule has 1 aromatic carbocycles. The number of carbonyl (C=O) groups is 1. The highest BCUT2D eigenvalue weighted by atomic mass is 35.5. The Kier molecular flexibility index (Phi) is 4.95. The first-order chi connectivity index (χ1) is 9.82. The zero-order valence-corrected chi connectivity index (χ0v) is 13.7. The summed E-state index contributed by atoms with van der Waals surface area (Å²) in [6.45, 7) is 7.17. The van der Waals surface area contributed by atoms with E-state index in [0.29, 0.717) is 10.9 Å². The second-order valence-electron chi connectivity index (χ2n) is 6.51. The first kappa shape index (κ1) is 16.3. The molecule has 1 aliphatic rings. The van der Waals surface area contributed by atoms with E-state index in [0.717, 1.165) is 31.5 Å². The summed E-state index contributed by atoms with van der Waals surface area (Å²) in [6.07, 6.45) is 1.45. The summed E-state index contributed by atoms with van der Waals surface area (Å²) in [5.74, 6) is 0.442. The molecule has 0 unspecified atom stereocenters. The number of benzene rings is 1. The summed E-state index contributed by atoms with van der Waals surface area (Å²) >= 11 is 6.04. The Hall–Kier alpha value is -1.06. The number of aliphatic hydroxyl groups is 1. The van der Waals surface area contributed by atoms with Crippen LogP contribution in [0.1, 0.15) is 39.2 Å². The number of likely N-dealkylation sites (tertiary alicyclic amines) is 1. The lowest BCUT2D eigenvalue weighted by Gasteiger charge is -2.38. The van der Waals surface area contributed by atoms with Gasteiger partial charge in [0.25, 0.3) is 0 Å². The molecule has 0 bridgehead atoms. The minimum atomic E-state index is -0.581. The quantitative estimate of drug-likeness (QED) is 0.931. The van der Waals surface area contributed by atoms with Crippen molar-refractivity contribution < 1.29 is 9.90 Å². The highest BCUT2D eigenvalue weighted by Gasteiger charge is 2.36. The average Bonchev–Trinajstić information content (AvgIpc) is 2.46. The smallest absolute Gasteiger partial charge is 0.232 e. The first-order valence-electron chi connectivity index (χ1n) is 7.56. The van der Waals surface area contributed by atoms with Crippen molar-refractivity contribution >= 4 is 17.5 Å². The third-order valence-corrected chi connectivity index (χ3v) is 4.83. The summed E-state index contributed by atoms with van der Waals surface area (Å²) < 4.78 is 0. The maximum Gasteiger partial charge on any atom is 0.232 e. The molecule has 116 valence electrons.